The molecule has 0 spiro atoms. The van der Waals surface area contributed by atoms with E-state index in [0.717, 1.165) is 18.4 Å². The lowest BCUT2D eigenvalue weighted by atomic mass is 10.2. The van der Waals surface area contributed by atoms with Crippen molar-refractivity contribution in [3.8, 4) is 0 Å². The predicted molar refractivity (Wildman–Crippen MR) is 87.0 cm³/mol. The fourth-order valence-electron chi connectivity index (χ4n) is 0.144. The number of hydrogen-bond acceptors (Lipinski definition) is 2. The molecule has 2 N–H and O–H groups in total. The van der Waals surface area contributed by atoms with Crippen molar-refractivity contribution >= 4 is 0 Å². The number of rotatable bonds is 3. The maximum atomic E-state index is 4.94. The molecule has 2 heteroatoms. The standard InChI is InChI=1S/C6H10.C5H12O.C4H8.CH5N/c1-4-6(3)5-2;1-5(2,3)6-4;1-3-4-2;1-2/h4H,1,3,5H2,2H3;1-4H3;3H,1,4H2,2H3;2H2,1H3. The molecule has 0 aromatic carbocycles. The van der Waals surface area contributed by atoms with Gasteiger partial charge in [-0.25, -0.2) is 0 Å². The predicted octanol–water partition coefficient (Wildman–Crippen LogP) is 4.73. The molecule has 0 heterocycles. The molecule has 0 bridgehead atoms. The molecule has 2 nitrogen and oxygen atoms in total. The second kappa shape index (κ2) is 21.4. The van der Waals surface area contributed by atoms with Gasteiger partial charge in [0.15, 0.2) is 0 Å². The summed E-state index contributed by atoms with van der Waals surface area (Å²) in [5.41, 5.74) is 5.65. The second-order valence-corrected chi connectivity index (χ2v) is 4.23. The molecule has 110 valence electrons. The molecule has 0 fully saturated rings. The number of allylic oxidation sites excluding steroid dienone is 3. The van der Waals surface area contributed by atoms with E-state index < -0.39 is 0 Å². The Bertz CT molecular complexity index is 178. The van der Waals surface area contributed by atoms with E-state index in [-0.39, 0.29) is 5.60 Å². The van der Waals surface area contributed by atoms with Gasteiger partial charge in [0.1, 0.15) is 0 Å². The highest BCUT2D eigenvalue weighted by Gasteiger charge is 2.03. The van der Waals surface area contributed by atoms with E-state index >= 15 is 0 Å². The molecular weight excluding hydrogens is 222 g/mol. The fraction of sp³-hybridized carbons (Fsp3) is 0.625. The molecule has 0 unspecified atom stereocenters. The molecule has 0 radical (unpaired) electrons. The Balaban J connectivity index is -0.0000000777. The Morgan fingerprint density at radius 1 is 1.17 bits per heavy atom. The summed E-state index contributed by atoms with van der Waals surface area (Å²) in [7, 11) is 3.21. The molecule has 0 rings (SSSR count). The SMILES string of the molecule is C=CC(=C)CC.C=CCC.CN.COC(C)(C)C. The van der Waals surface area contributed by atoms with Crippen molar-refractivity contribution in [3.05, 3.63) is 37.5 Å². The Hall–Kier alpha value is -0.860. The third kappa shape index (κ3) is 59.4. The number of hydrogen-bond donors (Lipinski definition) is 1. The third-order valence-corrected chi connectivity index (χ3v) is 1.64. The smallest absolute Gasteiger partial charge is 0.0594 e. The van der Waals surface area contributed by atoms with Gasteiger partial charge in [-0.1, -0.05) is 44.7 Å². The van der Waals surface area contributed by atoms with Gasteiger partial charge >= 0.3 is 0 Å². The first-order chi connectivity index (χ1) is 8.28. The lowest BCUT2D eigenvalue weighted by molar-refractivity contribution is 0.0397. The maximum absolute atomic E-state index is 4.94. The first-order valence-electron chi connectivity index (χ1n) is 6.32. The molecular formula is C16H35NO. The average molecular weight is 257 g/mol. The van der Waals surface area contributed by atoms with Crippen molar-refractivity contribution in [2.75, 3.05) is 14.2 Å². The van der Waals surface area contributed by atoms with E-state index in [4.69, 9.17) is 4.74 Å². The zero-order valence-corrected chi connectivity index (χ0v) is 13.7. The van der Waals surface area contributed by atoms with Crippen molar-refractivity contribution in [2.45, 2.75) is 53.1 Å². The molecule has 0 saturated carbocycles. The van der Waals surface area contributed by atoms with Crippen LogP contribution in [0.4, 0.5) is 0 Å². The minimum atomic E-state index is 0.0417. The topological polar surface area (TPSA) is 35.2 Å². The largest absolute Gasteiger partial charge is 0.379 e. The summed E-state index contributed by atoms with van der Waals surface area (Å²) < 4.78 is 4.94. The van der Waals surface area contributed by atoms with Gasteiger partial charge < -0.3 is 10.5 Å². The average Bonchev–Trinajstić information content (AvgIpc) is 2.40. The molecule has 0 aromatic heterocycles. The Labute approximate surface area is 116 Å². The highest BCUT2D eigenvalue weighted by molar-refractivity contribution is 5.09. The monoisotopic (exact) mass is 257 g/mol. The van der Waals surface area contributed by atoms with Gasteiger partial charge in [-0.05, 0) is 40.7 Å². The third-order valence-electron chi connectivity index (χ3n) is 1.64. The maximum Gasteiger partial charge on any atom is 0.0594 e. The number of nitrogens with two attached hydrogens (primary N) is 1. The molecule has 0 aliphatic rings. The van der Waals surface area contributed by atoms with Crippen molar-refractivity contribution in [1.82, 2.24) is 0 Å². The van der Waals surface area contributed by atoms with Gasteiger partial charge in [0.2, 0.25) is 0 Å². The van der Waals surface area contributed by atoms with Crippen LogP contribution in [-0.2, 0) is 4.74 Å². The minimum absolute atomic E-state index is 0.0417. The molecule has 0 aliphatic carbocycles. The minimum Gasteiger partial charge on any atom is -0.379 e. The van der Waals surface area contributed by atoms with E-state index in [0.29, 0.717) is 0 Å². The van der Waals surface area contributed by atoms with Gasteiger partial charge in [0, 0.05) is 7.11 Å². The van der Waals surface area contributed by atoms with E-state index in [1.165, 1.54) is 7.05 Å². The van der Waals surface area contributed by atoms with Crippen LogP contribution in [0.25, 0.3) is 0 Å². The van der Waals surface area contributed by atoms with Gasteiger partial charge in [0.25, 0.3) is 0 Å². The van der Waals surface area contributed by atoms with Crippen LogP contribution in [0, 0.1) is 0 Å². The van der Waals surface area contributed by atoms with Crippen molar-refractivity contribution in [3.63, 3.8) is 0 Å². The molecule has 0 saturated heterocycles. The first kappa shape index (κ1) is 25.9. The van der Waals surface area contributed by atoms with Crippen LogP contribution >= 0.6 is 0 Å². The highest BCUT2D eigenvalue weighted by atomic mass is 16.5. The summed E-state index contributed by atoms with van der Waals surface area (Å²) in [5, 5.41) is 0. The van der Waals surface area contributed by atoms with Gasteiger partial charge in [-0.15, -0.1) is 6.58 Å². The molecule has 0 aliphatic heterocycles. The molecule has 0 amide bonds. The van der Waals surface area contributed by atoms with Crippen molar-refractivity contribution in [2.24, 2.45) is 5.73 Å². The van der Waals surface area contributed by atoms with E-state index in [1.807, 2.05) is 26.8 Å². The summed E-state index contributed by atoms with van der Waals surface area (Å²) in [4.78, 5) is 0. The van der Waals surface area contributed by atoms with Crippen LogP contribution in [0.15, 0.2) is 37.5 Å². The van der Waals surface area contributed by atoms with Crippen molar-refractivity contribution in [1.29, 1.82) is 0 Å². The summed E-state index contributed by atoms with van der Waals surface area (Å²) in [6.45, 7) is 20.9. The van der Waals surface area contributed by atoms with Crippen molar-refractivity contribution < 1.29 is 4.74 Å². The number of ether oxygens (including phenoxy) is 1. The van der Waals surface area contributed by atoms with Crippen LogP contribution in [0.2, 0.25) is 0 Å². The van der Waals surface area contributed by atoms with Crippen LogP contribution in [0.3, 0.4) is 0 Å². The van der Waals surface area contributed by atoms with Gasteiger partial charge in [-0.3, -0.25) is 0 Å². The van der Waals surface area contributed by atoms with Crippen LogP contribution < -0.4 is 5.73 Å². The van der Waals surface area contributed by atoms with E-state index in [9.17, 15) is 0 Å². The van der Waals surface area contributed by atoms with Crippen LogP contribution in [0.1, 0.15) is 47.5 Å². The highest BCUT2D eigenvalue weighted by Crippen LogP contribution is 2.02. The summed E-state index contributed by atoms with van der Waals surface area (Å²) in [6.07, 6.45) is 5.75. The first-order valence-corrected chi connectivity index (χ1v) is 6.32. The Morgan fingerprint density at radius 2 is 1.44 bits per heavy atom. The second-order valence-electron chi connectivity index (χ2n) is 4.23. The normalized spacial score (nSPS) is 8.22. The quantitative estimate of drug-likeness (QED) is 0.586. The zero-order valence-electron chi connectivity index (χ0n) is 13.7. The molecule has 0 aromatic rings. The zero-order chi connectivity index (χ0) is 15.6. The van der Waals surface area contributed by atoms with Crippen LogP contribution in [0.5, 0.6) is 0 Å². The molecule has 18 heavy (non-hydrogen) atoms. The fourth-order valence-corrected chi connectivity index (χ4v) is 0.144. The number of methoxy groups -OCH3 is 1. The summed E-state index contributed by atoms with van der Waals surface area (Å²) in [5.74, 6) is 0. The summed E-state index contributed by atoms with van der Waals surface area (Å²) in [6, 6.07) is 0. The Kier molecular flexibility index (Phi) is 30.8. The van der Waals surface area contributed by atoms with Gasteiger partial charge in [0.05, 0.1) is 5.60 Å². The lowest BCUT2D eigenvalue weighted by Gasteiger charge is -2.14. The lowest BCUT2D eigenvalue weighted by Crippen LogP contribution is -2.15. The van der Waals surface area contributed by atoms with Crippen LogP contribution in [-0.4, -0.2) is 19.8 Å². The van der Waals surface area contributed by atoms with Gasteiger partial charge in [-0.2, -0.15) is 0 Å². The van der Waals surface area contributed by atoms with E-state index in [2.05, 4.69) is 39.3 Å². The molecule has 0 atom stereocenters. The summed E-state index contributed by atoms with van der Waals surface area (Å²) >= 11 is 0. The van der Waals surface area contributed by atoms with E-state index in [1.54, 1.807) is 13.2 Å². The Morgan fingerprint density at radius 3 is 1.44 bits per heavy atom.